The molecule has 1 N–H and O–H groups in total. The van der Waals surface area contributed by atoms with Crippen LogP contribution in [0.5, 0.6) is 0 Å². The molecule has 0 aliphatic heterocycles. The van der Waals surface area contributed by atoms with Crippen molar-refractivity contribution in [3.05, 3.63) is 55.5 Å². The average molecular weight is 383 g/mol. The Morgan fingerprint density at radius 1 is 1.30 bits per heavy atom. The number of amides is 1. The summed E-state index contributed by atoms with van der Waals surface area (Å²) in [4.78, 5) is 16.6. The van der Waals surface area contributed by atoms with Crippen molar-refractivity contribution in [2.75, 3.05) is 5.32 Å². The Hall–Kier alpha value is -1.40. The Balaban J connectivity index is 1.71. The molecule has 3 aromatic rings. The Bertz CT molecular complexity index is 857. The van der Waals surface area contributed by atoms with Crippen LogP contribution in [0.2, 0.25) is 8.67 Å². The molecule has 1 amide bonds. The van der Waals surface area contributed by atoms with Crippen molar-refractivity contribution in [1.82, 2.24) is 4.98 Å². The first kappa shape index (κ1) is 16.5. The predicted octanol–water partition coefficient (Wildman–Crippen LogP) is 5.67. The lowest BCUT2D eigenvalue weighted by Gasteiger charge is -2.05. The van der Waals surface area contributed by atoms with Gasteiger partial charge in [-0.15, -0.1) is 22.7 Å². The number of hydrogen-bond acceptors (Lipinski definition) is 4. The summed E-state index contributed by atoms with van der Waals surface area (Å²) in [5.41, 5.74) is 3.61. The van der Waals surface area contributed by atoms with E-state index in [9.17, 15) is 4.79 Å². The summed E-state index contributed by atoms with van der Waals surface area (Å²) < 4.78 is 1.21. The van der Waals surface area contributed by atoms with Crippen molar-refractivity contribution in [3.8, 4) is 11.3 Å². The van der Waals surface area contributed by atoms with Crippen molar-refractivity contribution in [2.45, 2.75) is 13.3 Å². The summed E-state index contributed by atoms with van der Waals surface area (Å²) in [7, 11) is 0. The second-order valence-electron chi connectivity index (χ2n) is 4.93. The van der Waals surface area contributed by atoms with E-state index >= 15 is 0 Å². The summed E-state index contributed by atoms with van der Waals surface area (Å²) in [6.45, 7) is 1.99. The molecule has 0 bridgehead atoms. The normalized spacial score (nSPS) is 10.7. The summed E-state index contributed by atoms with van der Waals surface area (Å²) in [5, 5.41) is 5.24. The van der Waals surface area contributed by atoms with Gasteiger partial charge in [0.05, 0.1) is 16.5 Å². The van der Waals surface area contributed by atoms with Crippen molar-refractivity contribution in [3.63, 3.8) is 0 Å². The number of aromatic nitrogens is 1. The molecule has 0 spiro atoms. The zero-order valence-electron chi connectivity index (χ0n) is 12.1. The van der Waals surface area contributed by atoms with Crippen molar-refractivity contribution < 1.29 is 4.79 Å². The Morgan fingerprint density at radius 2 is 2.09 bits per heavy atom. The van der Waals surface area contributed by atoms with Gasteiger partial charge in [-0.3, -0.25) is 4.79 Å². The number of nitrogens with one attached hydrogen (secondary N) is 1. The van der Waals surface area contributed by atoms with Crippen molar-refractivity contribution in [2.24, 2.45) is 0 Å². The average Bonchev–Trinajstić information content (AvgIpc) is 3.07. The number of carbonyl (C=O) groups is 1. The third kappa shape index (κ3) is 3.93. The number of hydrogen-bond donors (Lipinski definition) is 1. The number of anilines is 1. The molecule has 2 aromatic heterocycles. The smallest absolute Gasteiger partial charge is 0.230 e. The van der Waals surface area contributed by atoms with Crippen LogP contribution in [0.25, 0.3) is 11.3 Å². The molecule has 0 fully saturated rings. The van der Waals surface area contributed by atoms with E-state index in [0.717, 1.165) is 16.7 Å². The fraction of sp³-hybridized carbons (Fsp3) is 0.125. The topological polar surface area (TPSA) is 42.0 Å². The summed E-state index contributed by atoms with van der Waals surface area (Å²) in [6, 6.07) is 9.61. The molecule has 3 rings (SSSR count). The van der Waals surface area contributed by atoms with Gasteiger partial charge in [0.15, 0.2) is 5.13 Å². The maximum Gasteiger partial charge on any atom is 0.230 e. The lowest BCUT2D eigenvalue weighted by Crippen LogP contribution is -2.14. The first-order valence-electron chi connectivity index (χ1n) is 6.78. The van der Waals surface area contributed by atoms with Crippen LogP contribution in [0.1, 0.15) is 11.1 Å². The van der Waals surface area contributed by atoms with E-state index in [1.807, 2.05) is 36.6 Å². The van der Waals surface area contributed by atoms with E-state index in [0.29, 0.717) is 25.9 Å². The van der Waals surface area contributed by atoms with Gasteiger partial charge in [0, 0.05) is 10.9 Å². The fourth-order valence-electron chi connectivity index (χ4n) is 2.11. The number of carbonyl (C=O) groups excluding carboxylic acids is 1. The molecule has 0 atom stereocenters. The molecule has 3 nitrogen and oxygen atoms in total. The first-order valence-corrected chi connectivity index (χ1v) is 9.23. The second kappa shape index (κ2) is 7.01. The molecule has 0 aliphatic rings. The highest BCUT2D eigenvalue weighted by molar-refractivity contribution is 7.20. The highest BCUT2D eigenvalue weighted by Crippen LogP contribution is 2.38. The quantitative estimate of drug-likeness (QED) is 0.631. The SMILES string of the molecule is Cc1ccccc1CC(=O)Nc1nc(-c2cc(Cl)sc2Cl)cs1. The minimum absolute atomic E-state index is 0.0883. The summed E-state index contributed by atoms with van der Waals surface area (Å²) in [5.74, 6) is -0.0883. The Kier molecular flexibility index (Phi) is 5.02. The number of halogens is 2. The molecule has 0 saturated carbocycles. The van der Waals surface area contributed by atoms with Gasteiger partial charge in [-0.25, -0.2) is 4.98 Å². The minimum Gasteiger partial charge on any atom is -0.302 e. The molecule has 2 heterocycles. The third-order valence-electron chi connectivity index (χ3n) is 3.30. The largest absolute Gasteiger partial charge is 0.302 e. The first-order chi connectivity index (χ1) is 11.0. The van der Waals surface area contributed by atoms with Gasteiger partial charge in [0.25, 0.3) is 0 Å². The van der Waals surface area contributed by atoms with E-state index in [1.54, 1.807) is 6.07 Å². The van der Waals surface area contributed by atoms with E-state index in [2.05, 4.69) is 10.3 Å². The molecule has 1 aromatic carbocycles. The van der Waals surface area contributed by atoms with Gasteiger partial charge in [0.2, 0.25) is 5.91 Å². The lowest BCUT2D eigenvalue weighted by molar-refractivity contribution is -0.115. The highest BCUT2D eigenvalue weighted by Gasteiger charge is 2.13. The van der Waals surface area contributed by atoms with Gasteiger partial charge in [-0.1, -0.05) is 47.5 Å². The van der Waals surface area contributed by atoms with E-state index < -0.39 is 0 Å². The van der Waals surface area contributed by atoms with E-state index in [-0.39, 0.29) is 5.91 Å². The summed E-state index contributed by atoms with van der Waals surface area (Å²) >= 11 is 14.7. The van der Waals surface area contributed by atoms with Gasteiger partial charge in [-0.05, 0) is 24.1 Å². The van der Waals surface area contributed by atoms with Crippen LogP contribution in [-0.4, -0.2) is 10.9 Å². The molecular weight excluding hydrogens is 371 g/mol. The number of nitrogens with zero attached hydrogens (tertiary/aromatic N) is 1. The molecule has 0 saturated heterocycles. The van der Waals surface area contributed by atoms with Crippen LogP contribution < -0.4 is 5.32 Å². The molecule has 0 radical (unpaired) electrons. The number of thiophene rings is 1. The summed E-state index contributed by atoms with van der Waals surface area (Å²) in [6.07, 6.45) is 0.326. The van der Waals surface area contributed by atoms with Crippen LogP contribution >= 0.6 is 45.9 Å². The van der Waals surface area contributed by atoms with E-state index in [4.69, 9.17) is 23.2 Å². The van der Waals surface area contributed by atoms with Crippen molar-refractivity contribution in [1.29, 1.82) is 0 Å². The van der Waals surface area contributed by atoms with Crippen LogP contribution in [0.3, 0.4) is 0 Å². The number of rotatable bonds is 4. The molecule has 23 heavy (non-hydrogen) atoms. The molecule has 0 unspecified atom stereocenters. The van der Waals surface area contributed by atoms with Gasteiger partial charge in [-0.2, -0.15) is 0 Å². The van der Waals surface area contributed by atoms with Crippen molar-refractivity contribution >= 4 is 56.9 Å². The molecule has 7 heteroatoms. The van der Waals surface area contributed by atoms with Crippen LogP contribution in [-0.2, 0) is 11.2 Å². The number of benzene rings is 1. The highest BCUT2D eigenvalue weighted by atomic mass is 35.5. The van der Waals surface area contributed by atoms with Gasteiger partial charge < -0.3 is 5.32 Å². The Morgan fingerprint density at radius 3 is 2.78 bits per heavy atom. The molecular formula is C16H12Cl2N2OS2. The Labute approximate surface area is 151 Å². The maximum atomic E-state index is 12.2. The lowest BCUT2D eigenvalue weighted by atomic mass is 10.1. The van der Waals surface area contributed by atoms with Crippen LogP contribution in [0, 0.1) is 6.92 Å². The number of thiazole rings is 1. The molecule has 118 valence electrons. The fourth-order valence-corrected chi connectivity index (χ4v) is 4.32. The van der Waals surface area contributed by atoms with Crippen LogP contribution in [0.15, 0.2) is 35.7 Å². The monoisotopic (exact) mass is 382 g/mol. The zero-order valence-corrected chi connectivity index (χ0v) is 15.2. The van der Waals surface area contributed by atoms with E-state index in [1.165, 1.54) is 22.7 Å². The zero-order chi connectivity index (χ0) is 16.4. The van der Waals surface area contributed by atoms with Gasteiger partial charge in [0.1, 0.15) is 4.34 Å². The molecule has 0 aliphatic carbocycles. The third-order valence-corrected chi connectivity index (χ3v) is 5.54. The van der Waals surface area contributed by atoms with Crippen LogP contribution in [0.4, 0.5) is 5.13 Å². The predicted molar refractivity (Wildman–Crippen MR) is 99.0 cm³/mol. The number of aryl methyl sites for hydroxylation is 1. The minimum atomic E-state index is -0.0883. The van der Waals surface area contributed by atoms with Gasteiger partial charge >= 0.3 is 0 Å². The maximum absolute atomic E-state index is 12.2. The second-order valence-corrected chi connectivity index (χ2v) is 8.07. The standard InChI is InChI=1S/C16H12Cl2N2OS2/c1-9-4-2-3-5-10(9)6-14(21)20-16-19-12(8-22-16)11-7-13(17)23-15(11)18/h2-5,7-8H,6H2,1H3,(H,19,20,21).